The molecule has 1 aliphatic rings. The lowest BCUT2D eigenvalue weighted by Crippen LogP contribution is -2.28. The number of rotatable bonds is 6. The monoisotopic (exact) mass is 289 g/mol. The molecule has 0 aliphatic heterocycles. The number of hydrogen-bond acceptors (Lipinski definition) is 3. The molecule has 1 aromatic rings. The van der Waals surface area contributed by atoms with Crippen molar-refractivity contribution < 1.29 is 4.79 Å². The van der Waals surface area contributed by atoms with Crippen LogP contribution in [0.3, 0.4) is 0 Å². The molecule has 1 saturated carbocycles. The first-order valence-electron chi connectivity index (χ1n) is 8.15. The van der Waals surface area contributed by atoms with Crippen molar-refractivity contribution in [2.45, 2.75) is 46.5 Å². The zero-order valence-electron chi connectivity index (χ0n) is 13.4. The van der Waals surface area contributed by atoms with E-state index in [0.29, 0.717) is 11.5 Å². The van der Waals surface area contributed by atoms with Crippen LogP contribution in [0.2, 0.25) is 0 Å². The fourth-order valence-electron chi connectivity index (χ4n) is 3.02. The first kappa shape index (κ1) is 15.8. The van der Waals surface area contributed by atoms with Crippen molar-refractivity contribution in [1.29, 1.82) is 0 Å². The summed E-state index contributed by atoms with van der Waals surface area (Å²) in [6, 6.07) is 3.74. The summed E-state index contributed by atoms with van der Waals surface area (Å²) in [6.45, 7) is 7.98. The van der Waals surface area contributed by atoms with Gasteiger partial charge in [0, 0.05) is 24.3 Å². The van der Waals surface area contributed by atoms with Gasteiger partial charge in [-0.15, -0.1) is 0 Å². The summed E-state index contributed by atoms with van der Waals surface area (Å²) in [5.74, 6) is 2.26. The smallest absolute Gasteiger partial charge is 0.251 e. The van der Waals surface area contributed by atoms with Gasteiger partial charge in [0.25, 0.3) is 5.91 Å². The van der Waals surface area contributed by atoms with Gasteiger partial charge in [-0.25, -0.2) is 4.98 Å². The molecule has 2 rings (SSSR count). The number of carbonyl (C=O) groups is 1. The first-order valence-corrected chi connectivity index (χ1v) is 8.15. The number of nitrogens with zero attached hydrogens (tertiary/aromatic N) is 1. The number of anilines is 1. The highest BCUT2D eigenvalue weighted by Gasteiger charge is 2.21. The van der Waals surface area contributed by atoms with Crippen molar-refractivity contribution in [2.75, 3.05) is 18.4 Å². The van der Waals surface area contributed by atoms with E-state index in [4.69, 9.17) is 0 Å². The highest BCUT2D eigenvalue weighted by atomic mass is 16.1. The molecular formula is C17H27N3O. The predicted molar refractivity (Wildman–Crippen MR) is 86.6 cm³/mol. The van der Waals surface area contributed by atoms with E-state index in [1.807, 2.05) is 19.1 Å². The number of hydrogen-bond donors (Lipinski definition) is 2. The highest BCUT2D eigenvalue weighted by Crippen LogP contribution is 2.29. The number of amides is 1. The van der Waals surface area contributed by atoms with E-state index in [9.17, 15) is 4.79 Å². The van der Waals surface area contributed by atoms with E-state index in [0.717, 1.165) is 36.9 Å². The third kappa shape index (κ3) is 4.45. The molecule has 1 aliphatic carbocycles. The standard InChI is InChI=1S/C17H27N3O/c1-4-15-9-14(10-16(20-15)18-5-2)17(21)19-11-13-7-6-12(3)8-13/h9-10,12-13H,4-8,11H2,1-3H3,(H,18,20)(H,19,21). The van der Waals surface area contributed by atoms with Crippen LogP contribution in [0.25, 0.3) is 0 Å². The Morgan fingerprint density at radius 1 is 1.33 bits per heavy atom. The summed E-state index contributed by atoms with van der Waals surface area (Å²) in [4.78, 5) is 16.8. The van der Waals surface area contributed by atoms with Crippen LogP contribution in [0.15, 0.2) is 12.1 Å². The summed E-state index contributed by atoms with van der Waals surface area (Å²) >= 11 is 0. The van der Waals surface area contributed by atoms with Crippen LogP contribution >= 0.6 is 0 Å². The maximum absolute atomic E-state index is 12.3. The van der Waals surface area contributed by atoms with Crippen LogP contribution < -0.4 is 10.6 Å². The average molecular weight is 289 g/mol. The lowest BCUT2D eigenvalue weighted by molar-refractivity contribution is 0.0947. The predicted octanol–water partition coefficient (Wildman–Crippen LogP) is 3.24. The van der Waals surface area contributed by atoms with Crippen molar-refractivity contribution in [1.82, 2.24) is 10.3 Å². The lowest BCUT2D eigenvalue weighted by atomic mass is 10.1. The first-order chi connectivity index (χ1) is 10.1. The topological polar surface area (TPSA) is 54.0 Å². The van der Waals surface area contributed by atoms with E-state index in [2.05, 4.69) is 29.5 Å². The van der Waals surface area contributed by atoms with Crippen molar-refractivity contribution in [2.24, 2.45) is 11.8 Å². The molecule has 116 valence electrons. The molecule has 2 unspecified atom stereocenters. The molecular weight excluding hydrogens is 262 g/mol. The second-order valence-electron chi connectivity index (χ2n) is 6.11. The molecule has 0 bridgehead atoms. The maximum atomic E-state index is 12.3. The summed E-state index contributed by atoms with van der Waals surface area (Å²) in [5.41, 5.74) is 1.66. The Balaban J connectivity index is 1.98. The quantitative estimate of drug-likeness (QED) is 0.845. The highest BCUT2D eigenvalue weighted by molar-refractivity contribution is 5.95. The summed E-state index contributed by atoms with van der Waals surface area (Å²) < 4.78 is 0. The van der Waals surface area contributed by atoms with Crippen LogP contribution in [0, 0.1) is 11.8 Å². The van der Waals surface area contributed by atoms with Gasteiger partial charge in [0.05, 0.1) is 0 Å². The van der Waals surface area contributed by atoms with Crippen LogP contribution in [-0.4, -0.2) is 24.0 Å². The normalized spacial score (nSPS) is 21.3. The van der Waals surface area contributed by atoms with Crippen LogP contribution in [-0.2, 0) is 6.42 Å². The zero-order chi connectivity index (χ0) is 15.2. The van der Waals surface area contributed by atoms with Gasteiger partial charge in [0.1, 0.15) is 5.82 Å². The third-order valence-corrected chi connectivity index (χ3v) is 4.22. The number of aromatic nitrogens is 1. The molecule has 0 radical (unpaired) electrons. The molecule has 0 saturated heterocycles. The fraction of sp³-hybridized carbons (Fsp3) is 0.647. The molecule has 0 spiro atoms. The van der Waals surface area contributed by atoms with E-state index >= 15 is 0 Å². The zero-order valence-corrected chi connectivity index (χ0v) is 13.4. The Kier molecular flexibility index (Phi) is 5.59. The van der Waals surface area contributed by atoms with E-state index in [1.165, 1.54) is 19.3 Å². The molecule has 4 heteroatoms. The van der Waals surface area contributed by atoms with Gasteiger partial charge in [0.2, 0.25) is 0 Å². The van der Waals surface area contributed by atoms with Gasteiger partial charge in [-0.3, -0.25) is 4.79 Å². The molecule has 1 heterocycles. The second kappa shape index (κ2) is 7.43. The van der Waals surface area contributed by atoms with Gasteiger partial charge in [-0.2, -0.15) is 0 Å². The number of nitrogens with one attached hydrogen (secondary N) is 2. The molecule has 4 nitrogen and oxygen atoms in total. The Morgan fingerprint density at radius 2 is 2.14 bits per heavy atom. The summed E-state index contributed by atoms with van der Waals surface area (Å²) in [5, 5.41) is 6.28. The van der Waals surface area contributed by atoms with Crippen molar-refractivity contribution in [3.63, 3.8) is 0 Å². The molecule has 2 atom stereocenters. The molecule has 21 heavy (non-hydrogen) atoms. The molecule has 2 N–H and O–H groups in total. The Morgan fingerprint density at radius 3 is 2.76 bits per heavy atom. The van der Waals surface area contributed by atoms with Gasteiger partial charge in [-0.05, 0) is 50.2 Å². The van der Waals surface area contributed by atoms with E-state index in [1.54, 1.807) is 0 Å². The van der Waals surface area contributed by atoms with Gasteiger partial charge in [0.15, 0.2) is 0 Å². The van der Waals surface area contributed by atoms with Crippen molar-refractivity contribution >= 4 is 11.7 Å². The van der Waals surface area contributed by atoms with Crippen LogP contribution in [0.4, 0.5) is 5.82 Å². The van der Waals surface area contributed by atoms with Gasteiger partial charge >= 0.3 is 0 Å². The maximum Gasteiger partial charge on any atom is 0.251 e. The fourth-order valence-corrected chi connectivity index (χ4v) is 3.02. The molecule has 0 aromatic carbocycles. The minimum absolute atomic E-state index is 0.0193. The molecule has 1 aromatic heterocycles. The van der Waals surface area contributed by atoms with E-state index in [-0.39, 0.29) is 5.91 Å². The Bertz CT molecular complexity index is 487. The number of pyridine rings is 1. The Labute approximate surface area is 127 Å². The third-order valence-electron chi connectivity index (χ3n) is 4.22. The lowest BCUT2D eigenvalue weighted by Gasteiger charge is -2.13. The Hall–Kier alpha value is -1.58. The molecule has 1 amide bonds. The SMILES string of the molecule is CCNc1cc(C(=O)NCC2CCC(C)C2)cc(CC)n1. The largest absolute Gasteiger partial charge is 0.370 e. The van der Waals surface area contributed by atoms with E-state index < -0.39 is 0 Å². The summed E-state index contributed by atoms with van der Waals surface area (Å²) in [6.07, 6.45) is 4.60. The van der Waals surface area contributed by atoms with Crippen molar-refractivity contribution in [3.05, 3.63) is 23.4 Å². The van der Waals surface area contributed by atoms with Gasteiger partial charge in [-0.1, -0.05) is 20.3 Å². The van der Waals surface area contributed by atoms with Crippen molar-refractivity contribution in [3.8, 4) is 0 Å². The van der Waals surface area contributed by atoms with Crippen LogP contribution in [0.5, 0.6) is 0 Å². The molecule has 1 fully saturated rings. The van der Waals surface area contributed by atoms with Gasteiger partial charge < -0.3 is 10.6 Å². The minimum atomic E-state index is 0.0193. The minimum Gasteiger partial charge on any atom is -0.370 e. The average Bonchev–Trinajstić information content (AvgIpc) is 2.90. The second-order valence-corrected chi connectivity index (χ2v) is 6.11. The number of carbonyl (C=O) groups excluding carboxylic acids is 1. The van der Waals surface area contributed by atoms with Crippen LogP contribution in [0.1, 0.15) is 56.1 Å². The number of aryl methyl sites for hydroxylation is 1. The summed E-state index contributed by atoms with van der Waals surface area (Å²) in [7, 11) is 0.